The van der Waals surface area contributed by atoms with Crippen LogP contribution in [0.1, 0.15) is 31.2 Å². The van der Waals surface area contributed by atoms with E-state index in [1.54, 1.807) is 4.90 Å². The average Bonchev–Trinajstić information content (AvgIpc) is 3.30. The van der Waals surface area contributed by atoms with E-state index in [9.17, 15) is 14.7 Å². The molecule has 1 amide bonds. The molecule has 4 nitrogen and oxygen atoms in total. The molecule has 1 aliphatic carbocycles. The van der Waals surface area contributed by atoms with Crippen molar-refractivity contribution in [3.05, 3.63) is 34.9 Å². The van der Waals surface area contributed by atoms with Gasteiger partial charge >= 0.3 is 5.97 Å². The molecule has 0 bridgehead atoms. The van der Waals surface area contributed by atoms with Crippen molar-refractivity contribution in [3.8, 4) is 0 Å². The number of benzene rings is 1. The lowest BCUT2D eigenvalue weighted by atomic mass is 9.92. The Hall–Kier alpha value is -1.55. The number of piperidine rings is 1. The topological polar surface area (TPSA) is 57.6 Å². The number of aliphatic carboxylic acids is 1. The molecule has 1 aromatic rings. The lowest BCUT2D eigenvalue weighted by Gasteiger charge is -2.33. The van der Waals surface area contributed by atoms with Crippen molar-refractivity contribution < 1.29 is 14.7 Å². The first kappa shape index (κ1) is 15.3. The Morgan fingerprint density at radius 2 is 2.05 bits per heavy atom. The summed E-state index contributed by atoms with van der Waals surface area (Å²) in [5.74, 6) is -1.11. The number of carbonyl (C=O) groups excluding carboxylic acids is 1. The highest BCUT2D eigenvalue weighted by Gasteiger charge is 2.52. The van der Waals surface area contributed by atoms with Gasteiger partial charge < -0.3 is 10.0 Å². The maximum absolute atomic E-state index is 12.9. The molecular weight excluding hydrogens is 302 g/mol. The summed E-state index contributed by atoms with van der Waals surface area (Å²) in [6.07, 6.45) is 3.82. The molecule has 22 heavy (non-hydrogen) atoms. The summed E-state index contributed by atoms with van der Waals surface area (Å²) in [5.41, 5.74) is 0.646. The fraction of sp³-hybridized carbons (Fsp3) is 0.529. The van der Waals surface area contributed by atoms with Gasteiger partial charge in [-0.2, -0.15) is 0 Å². The van der Waals surface area contributed by atoms with Gasteiger partial charge in [0.2, 0.25) is 5.91 Å². The Balaban J connectivity index is 1.71. The molecule has 1 saturated heterocycles. The van der Waals surface area contributed by atoms with Crippen molar-refractivity contribution in [3.63, 3.8) is 0 Å². The molecule has 2 fully saturated rings. The first-order chi connectivity index (χ1) is 10.5. The van der Waals surface area contributed by atoms with Gasteiger partial charge in [0.1, 0.15) is 0 Å². The van der Waals surface area contributed by atoms with E-state index in [1.165, 1.54) is 0 Å². The molecule has 2 aliphatic rings. The molecule has 1 aromatic carbocycles. The van der Waals surface area contributed by atoms with E-state index in [-0.39, 0.29) is 11.3 Å². The van der Waals surface area contributed by atoms with E-state index in [2.05, 4.69) is 0 Å². The summed E-state index contributed by atoms with van der Waals surface area (Å²) >= 11 is 6.21. The van der Waals surface area contributed by atoms with Crippen LogP contribution in [0.5, 0.6) is 0 Å². The lowest BCUT2D eigenvalue weighted by Crippen LogP contribution is -2.46. The molecule has 0 aromatic heterocycles. The van der Waals surface area contributed by atoms with Gasteiger partial charge in [-0.15, -0.1) is 0 Å². The Labute approximate surface area is 135 Å². The number of nitrogens with zero attached hydrogens (tertiary/aromatic N) is 1. The van der Waals surface area contributed by atoms with E-state index in [0.717, 1.165) is 24.8 Å². The number of rotatable bonds is 4. The highest BCUT2D eigenvalue weighted by molar-refractivity contribution is 6.31. The Morgan fingerprint density at radius 1 is 1.32 bits per heavy atom. The van der Waals surface area contributed by atoms with Gasteiger partial charge in [0.15, 0.2) is 0 Å². The average molecular weight is 322 g/mol. The fourth-order valence-corrected chi connectivity index (χ4v) is 3.52. The van der Waals surface area contributed by atoms with Crippen LogP contribution >= 0.6 is 11.6 Å². The zero-order chi connectivity index (χ0) is 15.7. The monoisotopic (exact) mass is 321 g/mol. The summed E-state index contributed by atoms with van der Waals surface area (Å²) in [5, 5.41) is 9.87. The normalized spacial score (nSPS) is 23.1. The van der Waals surface area contributed by atoms with Crippen molar-refractivity contribution >= 4 is 23.5 Å². The lowest BCUT2D eigenvalue weighted by molar-refractivity contribution is -0.147. The van der Waals surface area contributed by atoms with Crippen LogP contribution in [0.2, 0.25) is 5.02 Å². The van der Waals surface area contributed by atoms with Crippen LogP contribution in [0.25, 0.3) is 0 Å². The molecule has 118 valence electrons. The first-order valence-electron chi connectivity index (χ1n) is 7.77. The predicted molar refractivity (Wildman–Crippen MR) is 83.8 cm³/mol. The number of halogens is 1. The number of carboxylic acid groups (broad SMARTS) is 1. The number of likely N-dealkylation sites (tertiary alicyclic amines) is 1. The molecule has 0 spiro atoms. The van der Waals surface area contributed by atoms with Crippen LogP contribution in [0.15, 0.2) is 24.3 Å². The highest BCUT2D eigenvalue weighted by Crippen LogP contribution is 2.51. The second-order valence-corrected chi connectivity index (χ2v) is 6.88. The van der Waals surface area contributed by atoms with Gasteiger partial charge in [-0.25, -0.2) is 0 Å². The molecule has 3 rings (SSSR count). The van der Waals surface area contributed by atoms with Crippen molar-refractivity contribution in [1.82, 2.24) is 4.90 Å². The van der Waals surface area contributed by atoms with Crippen LogP contribution in [-0.2, 0) is 16.0 Å². The van der Waals surface area contributed by atoms with E-state index in [1.807, 2.05) is 24.3 Å². The summed E-state index contributed by atoms with van der Waals surface area (Å²) < 4.78 is 0. The Bertz CT molecular complexity index is 597. The highest BCUT2D eigenvalue weighted by atomic mass is 35.5. The van der Waals surface area contributed by atoms with Gasteiger partial charge in [-0.05, 0) is 43.7 Å². The summed E-state index contributed by atoms with van der Waals surface area (Å²) in [4.78, 5) is 25.8. The zero-order valence-corrected chi connectivity index (χ0v) is 13.2. The standard InChI is InChI=1S/C17H20ClNO3/c18-14-6-2-1-4-12(14)10-17(7-8-17)16(22)19-9-3-5-13(11-19)15(20)21/h1-2,4,6,13H,3,5,7-11H2,(H,20,21)/t13-/m0/s1. The number of amides is 1. The van der Waals surface area contributed by atoms with Gasteiger partial charge in [-0.1, -0.05) is 29.8 Å². The van der Waals surface area contributed by atoms with Crippen molar-refractivity contribution in [1.29, 1.82) is 0 Å². The zero-order valence-electron chi connectivity index (χ0n) is 12.4. The third kappa shape index (κ3) is 2.98. The summed E-state index contributed by atoms with van der Waals surface area (Å²) in [6.45, 7) is 1.02. The third-order valence-electron chi connectivity index (χ3n) is 4.85. The second kappa shape index (κ2) is 5.92. The minimum Gasteiger partial charge on any atom is -0.481 e. The molecule has 0 unspecified atom stereocenters. The molecule has 5 heteroatoms. The molecule has 1 N–H and O–H groups in total. The second-order valence-electron chi connectivity index (χ2n) is 6.48. The molecular formula is C17H20ClNO3. The number of carbonyl (C=O) groups is 2. The van der Waals surface area contributed by atoms with Gasteiger partial charge in [0.25, 0.3) is 0 Å². The van der Waals surface area contributed by atoms with Crippen LogP contribution in [0.4, 0.5) is 0 Å². The van der Waals surface area contributed by atoms with Crippen LogP contribution in [0, 0.1) is 11.3 Å². The van der Waals surface area contributed by atoms with Crippen LogP contribution in [-0.4, -0.2) is 35.0 Å². The minimum absolute atomic E-state index is 0.110. The third-order valence-corrected chi connectivity index (χ3v) is 5.22. The van der Waals surface area contributed by atoms with E-state index < -0.39 is 11.9 Å². The van der Waals surface area contributed by atoms with Gasteiger partial charge in [-0.3, -0.25) is 9.59 Å². The number of hydrogen-bond acceptors (Lipinski definition) is 2. The Kier molecular flexibility index (Phi) is 4.13. The molecule has 1 aliphatic heterocycles. The smallest absolute Gasteiger partial charge is 0.308 e. The van der Waals surface area contributed by atoms with Crippen LogP contribution in [0.3, 0.4) is 0 Å². The maximum atomic E-state index is 12.9. The minimum atomic E-state index is -0.798. The predicted octanol–water partition coefficient (Wildman–Crippen LogP) is 2.99. The molecule has 1 atom stereocenters. The molecule has 0 radical (unpaired) electrons. The summed E-state index contributed by atoms with van der Waals surface area (Å²) in [6, 6.07) is 7.63. The quantitative estimate of drug-likeness (QED) is 0.927. The SMILES string of the molecule is O=C(O)[C@H]1CCCN(C(=O)C2(Cc3ccccc3Cl)CC2)C1. The molecule has 1 heterocycles. The van der Waals surface area contributed by atoms with E-state index in [4.69, 9.17) is 11.6 Å². The number of hydrogen-bond donors (Lipinski definition) is 1. The summed E-state index contributed by atoms with van der Waals surface area (Å²) in [7, 11) is 0. The van der Waals surface area contributed by atoms with E-state index in [0.29, 0.717) is 31.0 Å². The van der Waals surface area contributed by atoms with Crippen molar-refractivity contribution in [2.24, 2.45) is 11.3 Å². The maximum Gasteiger partial charge on any atom is 0.308 e. The van der Waals surface area contributed by atoms with E-state index >= 15 is 0 Å². The Morgan fingerprint density at radius 3 is 2.68 bits per heavy atom. The first-order valence-corrected chi connectivity index (χ1v) is 8.15. The van der Waals surface area contributed by atoms with Gasteiger partial charge in [0, 0.05) is 18.1 Å². The van der Waals surface area contributed by atoms with Crippen LogP contribution < -0.4 is 0 Å². The van der Waals surface area contributed by atoms with Crippen molar-refractivity contribution in [2.45, 2.75) is 32.1 Å². The fourth-order valence-electron chi connectivity index (χ4n) is 3.32. The molecule has 1 saturated carbocycles. The van der Waals surface area contributed by atoms with Crippen molar-refractivity contribution in [2.75, 3.05) is 13.1 Å². The largest absolute Gasteiger partial charge is 0.481 e. The number of carboxylic acids is 1. The van der Waals surface area contributed by atoms with Gasteiger partial charge in [0.05, 0.1) is 11.3 Å².